The van der Waals surface area contributed by atoms with Gasteiger partial charge in [0, 0.05) is 23.5 Å². The van der Waals surface area contributed by atoms with Crippen LogP contribution in [0.5, 0.6) is 0 Å². The first-order chi connectivity index (χ1) is 12.1. The van der Waals surface area contributed by atoms with Crippen LogP contribution in [0, 0.1) is 13.8 Å². The largest absolute Gasteiger partial charge is 0.360 e. The van der Waals surface area contributed by atoms with Crippen molar-refractivity contribution >= 4 is 23.3 Å². The molecule has 0 radical (unpaired) electrons. The summed E-state index contributed by atoms with van der Waals surface area (Å²) >= 11 is 0. The first-order valence-corrected chi connectivity index (χ1v) is 8.52. The Morgan fingerprint density at radius 3 is 2.24 bits per heavy atom. The molecule has 130 valence electrons. The van der Waals surface area contributed by atoms with Crippen LogP contribution in [0.15, 0.2) is 34.9 Å². The van der Waals surface area contributed by atoms with Crippen LogP contribution in [-0.2, 0) is 12.8 Å². The Bertz CT molecular complexity index is 850. The monoisotopic (exact) mass is 337 g/mol. The van der Waals surface area contributed by atoms with Crippen LogP contribution in [0.1, 0.15) is 36.4 Å². The molecule has 0 fully saturated rings. The maximum absolute atomic E-state index is 5.07. The fraction of sp³-hybridized carbons (Fsp3) is 0.316. The molecule has 0 aliphatic rings. The smallest absolute Gasteiger partial charge is 0.230 e. The van der Waals surface area contributed by atoms with Gasteiger partial charge in [0.15, 0.2) is 5.82 Å². The predicted molar refractivity (Wildman–Crippen MR) is 99.8 cm³/mol. The zero-order valence-electron chi connectivity index (χ0n) is 15.1. The van der Waals surface area contributed by atoms with Gasteiger partial charge in [-0.3, -0.25) is 0 Å². The second kappa shape index (κ2) is 7.34. The summed E-state index contributed by atoms with van der Waals surface area (Å²) in [7, 11) is 0. The van der Waals surface area contributed by atoms with E-state index in [1.54, 1.807) is 6.07 Å². The molecular weight excluding hydrogens is 314 g/mol. The lowest BCUT2D eigenvalue weighted by atomic mass is 10.0. The summed E-state index contributed by atoms with van der Waals surface area (Å²) < 4.78 is 5.07. The Labute approximate surface area is 147 Å². The fourth-order valence-corrected chi connectivity index (χ4v) is 2.76. The number of hydrogen-bond donors (Lipinski definition) is 2. The SMILES string of the molecule is CCc1cccc(CC)c1Nc1cc(C)nc(Nc2cc(C)on2)n1. The number of anilines is 4. The van der Waals surface area contributed by atoms with Gasteiger partial charge in [-0.15, -0.1) is 0 Å². The van der Waals surface area contributed by atoms with Gasteiger partial charge in [0.25, 0.3) is 0 Å². The number of aryl methyl sites for hydroxylation is 4. The highest BCUT2D eigenvalue weighted by Gasteiger charge is 2.10. The Hall–Kier alpha value is -2.89. The number of nitrogens with zero attached hydrogens (tertiary/aromatic N) is 3. The van der Waals surface area contributed by atoms with Gasteiger partial charge in [-0.1, -0.05) is 37.2 Å². The summed E-state index contributed by atoms with van der Waals surface area (Å²) in [6, 6.07) is 10.1. The molecule has 0 aliphatic carbocycles. The molecule has 6 nitrogen and oxygen atoms in total. The summed E-state index contributed by atoms with van der Waals surface area (Å²) in [5.41, 5.74) is 4.55. The molecule has 0 bridgehead atoms. The first-order valence-electron chi connectivity index (χ1n) is 8.52. The Morgan fingerprint density at radius 2 is 1.64 bits per heavy atom. The highest BCUT2D eigenvalue weighted by Crippen LogP contribution is 2.26. The fourth-order valence-electron chi connectivity index (χ4n) is 2.76. The van der Waals surface area contributed by atoms with E-state index >= 15 is 0 Å². The normalized spacial score (nSPS) is 10.7. The average Bonchev–Trinajstić information content (AvgIpc) is 2.99. The number of rotatable bonds is 6. The second-order valence-corrected chi connectivity index (χ2v) is 5.95. The Balaban J connectivity index is 1.91. The molecular formula is C19H23N5O. The molecule has 0 unspecified atom stereocenters. The topological polar surface area (TPSA) is 75.9 Å². The number of para-hydroxylation sites is 1. The summed E-state index contributed by atoms with van der Waals surface area (Å²) in [6.45, 7) is 8.10. The summed E-state index contributed by atoms with van der Waals surface area (Å²) in [5.74, 6) is 2.57. The van der Waals surface area contributed by atoms with E-state index in [2.05, 4.69) is 57.8 Å². The minimum Gasteiger partial charge on any atom is -0.360 e. The molecule has 1 aromatic carbocycles. The molecule has 25 heavy (non-hydrogen) atoms. The highest BCUT2D eigenvalue weighted by molar-refractivity contribution is 5.66. The summed E-state index contributed by atoms with van der Waals surface area (Å²) in [4.78, 5) is 8.99. The summed E-state index contributed by atoms with van der Waals surface area (Å²) in [5, 5.41) is 10.5. The van der Waals surface area contributed by atoms with E-state index in [9.17, 15) is 0 Å². The third-order valence-electron chi connectivity index (χ3n) is 3.97. The van der Waals surface area contributed by atoms with Crippen LogP contribution >= 0.6 is 0 Å². The molecule has 0 amide bonds. The molecule has 0 saturated heterocycles. The van der Waals surface area contributed by atoms with E-state index in [0.717, 1.165) is 35.8 Å². The Kier molecular flexibility index (Phi) is 4.97. The number of nitrogens with one attached hydrogen (secondary N) is 2. The van der Waals surface area contributed by atoms with Crippen molar-refractivity contribution in [1.29, 1.82) is 0 Å². The van der Waals surface area contributed by atoms with E-state index in [1.165, 1.54) is 11.1 Å². The van der Waals surface area contributed by atoms with Crippen LogP contribution in [0.4, 0.5) is 23.3 Å². The molecule has 0 spiro atoms. The van der Waals surface area contributed by atoms with E-state index in [-0.39, 0.29) is 0 Å². The Morgan fingerprint density at radius 1 is 0.920 bits per heavy atom. The van der Waals surface area contributed by atoms with Crippen molar-refractivity contribution in [3.05, 3.63) is 52.9 Å². The second-order valence-electron chi connectivity index (χ2n) is 5.95. The van der Waals surface area contributed by atoms with Crippen LogP contribution in [0.3, 0.4) is 0 Å². The van der Waals surface area contributed by atoms with Crippen LogP contribution in [0.2, 0.25) is 0 Å². The third-order valence-corrected chi connectivity index (χ3v) is 3.97. The minimum absolute atomic E-state index is 0.489. The van der Waals surface area contributed by atoms with Gasteiger partial charge in [-0.2, -0.15) is 4.98 Å². The van der Waals surface area contributed by atoms with Crippen molar-refractivity contribution < 1.29 is 4.52 Å². The van der Waals surface area contributed by atoms with Crippen molar-refractivity contribution in [2.24, 2.45) is 0 Å². The average molecular weight is 337 g/mol. The maximum Gasteiger partial charge on any atom is 0.230 e. The van der Waals surface area contributed by atoms with E-state index in [0.29, 0.717) is 11.8 Å². The van der Waals surface area contributed by atoms with Crippen molar-refractivity contribution in [2.75, 3.05) is 10.6 Å². The number of benzene rings is 1. The van der Waals surface area contributed by atoms with Crippen molar-refractivity contribution in [2.45, 2.75) is 40.5 Å². The number of hydrogen-bond acceptors (Lipinski definition) is 6. The minimum atomic E-state index is 0.489. The zero-order chi connectivity index (χ0) is 17.8. The number of aromatic nitrogens is 3. The third kappa shape index (κ3) is 3.96. The molecule has 2 heterocycles. The van der Waals surface area contributed by atoms with Gasteiger partial charge >= 0.3 is 0 Å². The van der Waals surface area contributed by atoms with Gasteiger partial charge in [0.1, 0.15) is 11.6 Å². The van der Waals surface area contributed by atoms with E-state index < -0.39 is 0 Å². The molecule has 0 aliphatic heterocycles. The zero-order valence-corrected chi connectivity index (χ0v) is 15.1. The molecule has 0 atom stereocenters. The van der Waals surface area contributed by atoms with Gasteiger partial charge in [-0.25, -0.2) is 4.98 Å². The van der Waals surface area contributed by atoms with Crippen molar-refractivity contribution in [3.8, 4) is 0 Å². The quantitative estimate of drug-likeness (QED) is 0.679. The van der Waals surface area contributed by atoms with Gasteiger partial charge in [-0.05, 0) is 37.8 Å². The summed E-state index contributed by atoms with van der Waals surface area (Å²) in [6.07, 6.45) is 1.92. The van der Waals surface area contributed by atoms with Crippen LogP contribution in [-0.4, -0.2) is 15.1 Å². The maximum atomic E-state index is 5.07. The van der Waals surface area contributed by atoms with E-state index in [4.69, 9.17) is 4.52 Å². The van der Waals surface area contributed by atoms with Gasteiger partial charge < -0.3 is 15.2 Å². The predicted octanol–water partition coefficient (Wildman–Crippen LogP) is 4.69. The molecule has 3 aromatic rings. The first kappa shape index (κ1) is 17.0. The van der Waals surface area contributed by atoms with Gasteiger partial charge in [0.2, 0.25) is 5.95 Å². The molecule has 6 heteroatoms. The standard InChI is InChI=1S/C19H23N5O/c1-5-14-8-7-9-15(6-2)18(14)21-16-10-12(3)20-19(22-16)23-17-11-13(4)25-24-17/h7-11H,5-6H2,1-4H3,(H2,20,21,22,23,24). The van der Waals surface area contributed by atoms with Crippen molar-refractivity contribution in [3.63, 3.8) is 0 Å². The lowest BCUT2D eigenvalue weighted by Crippen LogP contribution is -2.05. The molecule has 2 N–H and O–H groups in total. The van der Waals surface area contributed by atoms with Crippen LogP contribution < -0.4 is 10.6 Å². The van der Waals surface area contributed by atoms with E-state index in [1.807, 2.05) is 19.9 Å². The molecule has 0 saturated carbocycles. The van der Waals surface area contributed by atoms with Gasteiger partial charge in [0.05, 0.1) is 0 Å². The molecule has 3 rings (SSSR count). The lowest BCUT2D eigenvalue weighted by Gasteiger charge is -2.15. The highest BCUT2D eigenvalue weighted by atomic mass is 16.5. The molecule has 2 aromatic heterocycles. The van der Waals surface area contributed by atoms with Crippen molar-refractivity contribution in [1.82, 2.24) is 15.1 Å². The van der Waals surface area contributed by atoms with Crippen LogP contribution in [0.25, 0.3) is 0 Å². The lowest BCUT2D eigenvalue weighted by molar-refractivity contribution is 0.400.